The first kappa shape index (κ1) is 22.4. The van der Waals surface area contributed by atoms with E-state index in [2.05, 4.69) is 47.6 Å². The average molecular weight is 431 g/mol. The number of aliphatic hydroxyl groups is 2. The summed E-state index contributed by atoms with van der Waals surface area (Å²) in [6.45, 7) is 14.1. The van der Waals surface area contributed by atoms with Crippen molar-refractivity contribution >= 4 is 0 Å². The van der Waals surface area contributed by atoms with E-state index in [-0.39, 0.29) is 29.0 Å². The molecule has 3 saturated carbocycles. The number of allylic oxidation sites excluding steroid dienone is 1. The van der Waals surface area contributed by atoms with Crippen LogP contribution in [0.25, 0.3) is 0 Å². The lowest BCUT2D eigenvalue weighted by Gasteiger charge is -2.59. The van der Waals surface area contributed by atoms with E-state index in [4.69, 9.17) is 4.74 Å². The van der Waals surface area contributed by atoms with Crippen molar-refractivity contribution in [2.45, 2.75) is 117 Å². The summed E-state index contributed by atoms with van der Waals surface area (Å²) in [6, 6.07) is 0. The van der Waals surface area contributed by atoms with Crippen LogP contribution in [0.3, 0.4) is 0 Å². The molecule has 4 unspecified atom stereocenters. The maximum atomic E-state index is 12.3. The van der Waals surface area contributed by atoms with Crippen molar-refractivity contribution in [3.8, 4) is 0 Å². The van der Waals surface area contributed by atoms with Gasteiger partial charge in [-0.25, -0.2) is 0 Å². The molecule has 1 aliphatic heterocycles. The van der Waals surface area contributed by atoms with E-state index in [1.165, 1.54) is 12.0 Å². The van der Waals surface area contributed by atoms with Crippen LogP contribution in [0.4, 0.5) is 0 Å². The molecule has 4 fully saturated rings. The highest BCUT2D eigenvalue weighted by Crippen LogP contribution is 2.69. The van der Waals surface area contributed by atoms with Gasteiger partial charge in [-0.1, -0.05) is 53.2 Å². The van der Waals surface area contributed by atoms with Gasteiger partial charge < -0.3 is 14.9 Å². The molecule has 1 heterocycles. The van der Waals surface area contributed by atoms with E-state index in [1.54, 1.807) is 0 Å². The van der Waals surface area contributed by atoms with Crippen LogP contribution in [0, 0.1) is 46.3 Å². The lowest BCUT2D eigenvalue weighted by atomic mass is 9.46. The molecule has 0 radical (unpaired) electrons. The third-order valence-electron chi connectivity index (χ3n) is 11.7. The predicted molar refractivity (Wildman–Crippen MR) is 124 cm³/mol. The zero-order chi connectivity index (χ0) is 22.3. The van der Waals surface area contributed by atoms with Crippen LogP contribution in [-0.4, -0.2) is 34.1 Å². The lowest BCUT2D eigenvalue weighted by molar-refractivity contribution is -0.152. The van der Waals surface area contributed by atoms with Crippen molar-refractivity contribution in [3.63, 3.8) is 0 Å². The van der Waals surface area contributed by atoms with E-state index >= 15 is 0 Å². The second-order valence-corrected chi connectivity index (χ2v) is 13.0. The van der Waals surface area contributed by atoms with Crippen LogP contribution in [0.1, 0.15) is 92.9 Å². The Kier molecular flexibility index (Phi) is 5.28. The van der Waals surface area contributed by atoms with Crippen molar-refractivity contribution in [2.75, 3.05) is 0 Å². The number of fused-ring (bicyclic) bond motifs is 5. The fourth-order valence-corrected chi connectivity index (χ4v) is 9.05. The van der Waals surface area contributed by atoms with Gasteiger partial charge in [0.15, 0.2) is 0 Å². The molecule has 0 aromatic carbocycles. The minimum atomic E-state index is -0.605. The van der Waals surface area contributed by atoms with Gasteiger partial charge in [-0.2, -0.15) is 0 Å². The number of rotatable bonds is 4. The second kappa shape index (κ2) is 7.31. The molecule has 11 atom stereocenters. The molecule has 0 amide bonds. The Labute approximate surface area is 190 Å². The fraction of sp³-hybridized carbons (Fsp3) is 0.929. The Morgan fingerprint density at radius 1 is 0.968 bits per heavy atom. The average Bonchev–Trinajstić information content (AvgIpc) is 3.47. The van der Waals surface area contributed by atoms with Crippen molar-refractivity contribution < 1.29 is 14.9 Å². The van der Waals surface area contributed by atoms with Gasteiger partial charge in [0, 0.05) is 5.92 Å². The summed E-state index contributed by atoms with van der Waals surface area (Å²) in [5.74, 6) is 3.41. The van der Waals surface area contributed by atoms with Gasteiger partial charge in [0.05, 0.1) is 23.9 Å². The number of epoxide rings is 1. The van der Waals surface area contributed by atoms with Gasteiger partial charge in [-0.3, -0.25) is 0 Å². The van der Waals surface area contributed by atoms with Gasteiger partial charge in [0.25, 0.3) is 0 Å². The highest BCUT2D eigenvalue weighted by molar-refractivity contribution is 5.26. The van der Waals surface area contributed by atoms with Crippen molar-refractivity contribution in [1.82, 2.24) is 0 Å². The van der Waals surface area contributed by atoms with Gasteiger partial charge in [-0.05, 0) is 91.8 Å². The number of hydrogen-bond donors (Lipinski definition) is 2. The van der Waals surface area contributed by atoms with Crippen LogP contribution >= 0.6 is 0 Å². The van der Waals surface area contributed by atoms with Crippen molar-refractivity contribution in [2.24, 2.45) is 46.3 Å². The Bertz CT molecular complexity index is 745. The van der Waals surface area contributed by atoms with E-state index in [1.807, 2.05) is 0 Å². The number of aliphatic hydroxyl groups excluding tert-OH is 1. The summed E-state index contributed by atoms with van der Waals surface area (Å²) in [4.78, 5) is 0. The molecule has 5 aliphatic rings. The third-order valence-corrected chi connectivity index (χ3v) is 11.7. The van der Waals surface area contributed by atoms with Crippen LogP contribution in [-0.2, 0) is 4.74 Å². The van der Waals surface area contributed by atoms with Gasteiger partial charge in [0.1, 0.15) is 0 Å². The topological polar surface area (TPSA) is 53.0 Å². The SMILES string of the molecule is CC(C)C(C)C1OC1C(C)[C@@]1(O)CC[C@H]2[C@@H]3CC=C4C[C@@H](O)CC[C@]4(C)[C@H]3CC[C@@]21C. The van der Waals surface area contributed by atoms with E-state index in [0.29, 0.717) is 29.8 Å². The van der Waals surface area contributed by atoms with Crippen LogP contribution in [0.15, 0.2) is 11.6 Å². The predicted octanol–water partition coefficient (Wildman–Crippen LogP) is 5.74. The zero-order valence-electron chi connectivity index (χ0n) is 20.7. The molecule has 3 heteroatoms. The molecule has 3 nitrogen and oxygen atoms in total. The molecular weight excluding hydrogens is 384 g/mol. The fourth-order valence-electron chi connectivity index (χ4n) is 9.05. The second-order valence-electron chi connectivity index (χ2n) is 13.0. The third kappa shape index (κ3) is 3.08. The van der Waals surface area contributed by atoms with Gasteiger partial charge in [-0.15, -0.1) is 0 Å². The molecule has 5 rings (SSSR count). The largest absolute Gasteiger partial charge is 0.393 e. The minimum absolute atomic E-state index is 0.00103. The minimum Gasteiger partial charge on any atom is -0.393 e. The zero-order valence-corrected chi connectivity index (χ0v) is 20.7. The molecule has 176 valence electrons. The summed E-state index contributed by atoms with van der Waals surface area (Å²) in [6.07, 6.45) is 11.5. The highest BCUT2D eigenvalue weighted by atomic mass is 16.6. The summed E-state index contributed by atoms with van der Waals surface area (Å²) >= 11 is 0. The van der Waals surface area contributed by atoms with E-state index in [9.17, 15) is 10.2 Å². The van der Waals surface area contributed by atoms with Crippen molar-refractivity contribution in [1.29, 1.82) is 0 Å². The molecule has 4 aliphatic carbocycles. The lowest BCUT2D eigenvalue weighted by Crippen LogP contribution is -2.57. The van der Waals surface area contributed by atoms with E-state index < -0.39 is 5.60 Å². The smallest absolute Gasteiger partial charge is 0.0897 e. The first-order valence-corrected chi connectivity index (χ1v) is 13.3. The molecule has 0 aromatic rings. The summed E-state index contributed by atoms with van der Waals surface area (Å²) in [7, 11) is 0. The Morgan fingerprint density at radius 2 is 1.68 bits per heavy atom. The first-order valence-electron chi connectivity index (χ1n) is 13.3. The molecule has 0 spiro atoms. The first-order chi connectivity index (χ1) is 14.5. The Balaban J connectivity index is 1.38. The molecular formula is C28H46O3. The molecule has 0 aromatic heterocycles. The van der Waals surface area contributed by atoms with Gasteiger partial charge >= 0.3 is 0 Å². The summed E-state index contributed by atoms with van der Waals surface area (Å²) in [5.41, 5.74) is 1.20. The van der Waals surface area contributed by atoms with Crippen LogP contribution in [0.2, 0.25) is 0 Å². The molecule has 1 saturated heterocycles. The number of ether oxygens (including phenoxy) is 1. The quantitative estimate of drug-likeness (QED) is 0.442. The highest BCUT2D eigenvalue weighted by Gasteiger charge is 2.67. The standard InChI is InChI=1S/C28H46O3/c1-16(2)17(3)24-25(31-24)18(4)28(30)14-11-23-21-8-7-19-15-20(29)9-12-26(19,5)22(21)10-13-27(23,28)6/h7,16-18,20-25,29-30H,8-15H2,1-6H3/t17?,18?,20-,21+,22-,23-,24?,25?,26-,27-,28-/m0/s1. The molecule has 2 N–H and O–H groups in total. The number of hydrogen-bond acceptors (Lipinski definition) is 3. The summed E-state index contributed by atoms with van der Waals surface area (Å²) < 4.78 is 6.21. The van der Waals surface area contributed by atoms with Gasteiger partial charge in [0.2, 0.25) is 0 Å². The normalized spacial score (nSPS) is 53.3. The van der Waals surface area contributed by atoms with E-state index in [0.717, 1.165) is 50.9 Å². The van der Waals surface area contributed by atoms with Crippen molar-refractivity contribution in [3.05, 3.63) is 11.6 Å². The maximum Gasteiger partial charge on any atom is 0.0897 e. The monoisotopic (exact) mass is 430 g/mol. The van der Waals surface area contributed by atoms with Crippen LogP contribution < -0.4 is 0 Å². The Hall–Kier alpha value is -0.380. The molecule has 0 bridgehead atoms. The van der Waals surface area contributed by atoms with Crippen LogP contribution in [0.5, 0.6) is 0 Å². The maximum absolute atomic E-state index is 12.3. The summed E-state index contributed by atoms with van der Waals surface area (Å²) in [5, 5.41) is 22.5. The molecule has 31 heavy (non-hydrogen) atoms. The Morgan fingerprint density at radius 3 is 2.39 bits per heavy atom.